The van der Waals surface area contributed by atoms with Crippen LogP contribution in [0, 0.1) is 18.6 Å². The van der Waals surface area contributed by atoms with E-state index < -0.39 is 17.5 Å². The van der Waals surface area contributed by atoms with E-state index in [4.69, 9.17) is 11.6 Å². The lowest BCUT2D eigenvalue weighted by Gasteiger charge is -2.10. The number of pyridine rings is 1. The van der Waals surface area contributed by atoms with E-state index >= 15 is 0 Å². The lowest BCUT2D eigenvalue weighted by Crippen LogP contribution is -2.24. The normalized spacial score (nSPS) is 10.8. The van der Waals surface area contributed by atoms with E-state index in [9.17, 15) is 13.6 Å². The van der Waals surface area contributed by atoms with E-state index in [2.05, 4.69) is 20.6 Å². The third-order valence-electron chi connectivity index (χ3n) is 4.63. The van der Waals surface area contributed by atoms with Gasteiger partial charge in [0.15, 0.2) is 5.69 Å². The van der Waals surface area contributed by atoms with Crippen molar-refractivity contribution in [2.75, 3.05) is 0 Å². The molecule has 4 rings (SSSR count). The first-order valence-corrected chi connectivity index (χ1v) is 9.67. The van der Waals surface area contributed by atoms with Crippen molar-refractivity contribution in [1.82, 2.24) is 25.3 Å². The Morgan fingerprint density at radius 3 is 2.71 bits per heavy atom. The largest absolute Gasteiger partial charge is 0.346 e. The molecule has 0 fully saturated rings. The van der Waals surface area contributed by atoms with Crippen molar-refractivity contribution in [2.24, 2.45) is 0 Å². The van der Waals surface area contributed by atoms with Gasteiger partial charge in [-0.3, -0.25) is 9.78 Å². The van der Waals surface area contributed by atoms with Crippen LogP contribution in [0.15, 0.2) is 60.8 Å². The lowest BCUT2D eigenvalue weighted by molar-refractivity contribution is 0.0946. The summed E-state index contributed by atoms with van der Waals surface area (Å²) in [6, 6.07) is 13.7. The number of nitrogens with one attached hydrogen (secondary N) is 1. The van der Waals surface area contributed by atoms with Gasteiger partial charge in [-0.1, -0.05) is 35.0 Å². The van der Waals surface area contributed by atoms with Crippen LogP contribution in [0.1, 0.15) is 21.6 Å². The van der Waals surface area contributed by atoms with Crippen molar-refractivity contribution in [3.63, 3.8) is 0 Å². The van der Waals surface area contributed by atoms with Crippen LogP contribution in [0.25, 0.3) is 17.1 Å². The molecule has 0 aliphatic carbocycles. The number of aromatic nitrogens is 4. The van der Waals surface area contributed by atoms with E-state index in [0.717, 1.165) is 5.56 Å². The number of hydrogen-bond donors (Lipinski definition) is 1. The van der Waals surface area contributed by atoms with Gasteiger partial charge in [-0.2, -0.15) is 0 Å². The summed E-state index contributed by atoms with van der Waals surface area (Å²) in [5.74, 6) is -1.49. The Hall–Kier alpha value is -3.65. The van der Waals surface area contributed by atoms with Gasteiger partial charge < -0.3 is 5.32 Å². The van der Waals surface area contributed by atoms with Crippen molar-refractivity contribution in [1.29, 1.82) is 0 Å². The molecular weight excluding hydrogens is 424 g/mol. The molecule has 4 aromatic rings. The minimum Gasteiger partial charge on any atom is -0.346 e. The topological polar surface area (TPSA) is 72.7 Å². The van der Waals surface area contributed by atoms with E-state index in [1.807, 2.05) is 0 Å². The second kappa shape index (κ2) is 8.61. The SMILES string of the molecule is Cc1ccc(F)cc1-n1nnc(C(=O)NCc2ccc(F)c(Cl)c2)c1-c1ccccn1. The zero-order chi connectivity index (χ0) is 22.0. The molecule has 1 amide bonds. The second-order valence-electron chi connectivity index (χ2n) is 6.78. The van der Waals surface area contributed by atoms with Crippen molar-refractivity contribution in [2.45, 2.75) is 13.5 Å². The Bertz CT molecular complexity index is 1260. The van der Waals surface area contributed by atoms with Gasteiger partial charge in [0.1, 0.15) is 17.3 Å². The van der Waals surface area contributed by atoms with E-state index in [1.165, 1.54) is 35.0 Å². The highest BCUT2D eigenvalue weighted by Crippen LogP contribution is 2.26. The Morgan fingerprint density at radius 2 is 1.97 bits per heavy atom. The molecule has 9 heteroatoms. The highest BCUT2D eigenvalue weighted by molar-refractivity contribution is 6.30. The summed E-state index contributed by atoms with van der Waals surface area (Å²) in [4.78, 5) is 17.2. The van der Waals surface area contributed by atoms with Crippen LogP contribution in [0.5, 0.6) is 0 Å². The molecule has 0 aliphatic heterocycles. The highest BCUT2D eigenvalue weighted by atomic mass is 35.5. The lowest BCUT2D eigenvalue weighted by atomic mass is 10.1. The summed E-state index contributed by atoms with van der Waals surface area (Å²) in [5.41, 5.74) is 2.60. The number of aryl methyl sites for hydroxylation is 1. The molecule has 0 atom stereocenters. The standard InChI is InChI=1S/C22H16ClF2N5O/c1-13-5-7-15(24)11-19(13)30-21(18-4-2-3-9-26-18)20(28-29-30)22(31)27-12-14-6-8-17(25)16(23)10-14/h2-11H,12H2,1H3,(H,27,31). The van der Waals surface area contributed by atoms with E-state index in [-0.39, 0.29) is 17.3 Å². The quantitative estimate of drug-likeness (QED) is 0.497. The molecule has 0 radical (unpaired) electrons. The summed E-state index contributed by atoms with van der Waals surface area (Å²) < 4.78 is 28.7. The van der Waals surface area contributed by atoms with E-state index in [0.29, 0.717) is 22.6 Å². The van der Waals surface area contributed by atoms with Crippen molar-refractivity contribution in [3.05, 3.63) is 94.3 Å². The van der Waals surface area contributed by atoms with Gasteiger partial charge in [-0.15, -0.1) is 5.10 Å². The maximum atomic E-state index is 13.9. The van der Waals surface area contributed by atoms with Gasteiger partial charge in [0.25, 0.3) is 5.91 Å². The molecule has 0 bridgehead atoms. The van der Waals surface area contributed by atoms with Crippen LogP contribution >= 0.6 is 11.6 Å². The summed E-state index contributed by atoms with van der Waals surface area (Å²) in [5, 5.41) is 10.8. The number of halogens is 3. The fraction of sp³-hybridized carbons (Fsp3) is 0.0909. The molecule has 31 heavy (non-hydrogen) atoms. The molecule has 0 unspecified atom stereocenters. The fourth-order valence-corrected chi connectivity index (χ4v) is 3.27. The average molecular weight is 440 g/mol. The van der Waals surface area contributed by atoms with Crippen molar-refractivity contribution in [3.8, 4) is 17.1 Å². The smallest absolute Gasteiger partial charge is 0.274 e. The van der Waals surface area contributed by atoms with Crippen molar-refractivity contribution >= 4 is 17.5 Å². The summed E-state index contributed by atoms with van der Waals surface area (Å²) in [6.45, 7) is 1.91. The number of amides is 1. The molecule has 0 spiro atoms. The van der Waals surface area contributed by atoms with Crippen LogP contribution < -0.4 is 5.32 Å². The first kappa shape index (κ1) is 20.6. The molecule has 2 aromatic carbocycles. The first-order chi connectivity index (χ1) is 14.9. The Morgan fingerprint density at radius 1 is 1.13 bits per heavy atom. The molecule has 0 saturated carbocycles. The third-order valence-corrected chi connectivity index (χ3v) is 4.92. The molecule has 2 aromatic heterocycles. The van der Waals surface area contributed by atoms with Gasteiger partial charge in [0.05, 0.1) is 16.4 Å². The van der Waals surface area contributed by atoms with Gasteiger partial charge >= 0.3 is 0 Å². The molecular formula is C22H16ClF2N5O. The van der Waals surface area contributed by atoms with Crippen LogP contribution in [0.3, 0.4) is 0 Å². The Kier molecular flexibility index (Phi) is 5.73. The highest BCUT2D eigenvalue weighted by Gasteiger charge is 2.24. The summed E-state index contributed by atoms with van der Waals surface area (Å²) in [7, 11) is 0. The van der Waals surface area contributed by atoms with Crippen molar-refractivity contribution < 1.29 is 13.6 Å². The van der Waals surface area contributed by atoms with Crippen LogP contribution in [-0.4, -0.2) is 25.9 Å². The summed E-state index contributed by atoms with van der Waals surface area (Å²) >= 11 is 5.80. The van der Waals surface area contributed by atoms with Gasteiger partial charge in [0.2, 0.25) is 0 Å². The molecule has 1 N–H and O–H groups in total. The molecule has 0 aliphatic rings. The minimum absolute atomic E-state index is 0.0237. The molecule has 6 nitrogen and oxygen atoms in total. The molecule has 0 saturated heterocycles. The number of benzene rings is 2. The zero-order valence-corrected chi connectivity index (χ0v) is 17.1. The number of hydrogen-bond acceptors (Lipinski definition) is 4. The average Bonchev–Trinajstić information content (AvgIpc) is 3.21. The molecule has 2 heterocycles. The minimum atomic E-state index is -0.539. The maximum absolute atomic E-state index is 13.9. The van der Waals surface area contributed by atoms with Crippen LogP contribution in [0.4, 0.5) is 8.78 Å². The summed E-state index contributed by atoms with van der Waals surface area (Å²) in [6.07, 6.45) is 1.58. The second-order valence-corrected chi connectivity index (χ2v) is 7.18. The Balaban J connectivity index is 1.72. The zero-order valence-electron chi connectivity index (χ0n) is 16.3. The number of carbonyl (C=O) groups excluding carboxylic acids is 1. The number of nitrogens with zero attached hydrogens (tertiary/aromatic N) is 4. The maximum Gasteiger partial charge on any atom is 0.274 e. The van der Waals surface area contributed by atoms with Gasteiger partial charge in [-0.05, 0) is 54.4 Å². The van der Waals surface area contributed by atoms with Crippen LogP contribution in [-0.2, 0) is 6.54 Å². The molecule has 156 valence electrons. The number of carbonyl (C=O) groups is 1. The van der Waals surface area contributed by atoms with Gasteiger partial charge in [-0.25, -0.2) is 13.5 Å². The predicted molar refractivity (Wildman–Crippen MR) is 112 cm³/mol. The predicted octanol–water partition coefficient (Wildman–Crippen LogP) is 4.50. The van der Waals surface area contributed by atoms with Crippen LogP contribution in [0.2, 0.25) is 5.02 Å². The number of rotatable bonds is 5. The Labute approximate surface area is 181 Å². The monoisotopic (exact) mass is 439 g/mol. The van der Waals surface area contributed by atoms with E-state index in [1.54, 1.807) is 37.4 Å². The first-order valence-electron chi connectivity index (χ1n) is 9.30. The third kappa shape index (κ3) is 4.29. The van der Waals surface area contributed by atoms with Gasteiger partial charge in [0, 0.05) is 12.7 Å². The fourth-order valence-electron chi connectivity index (χ4n) is 3.06.